The Balaban J connectivity index is 2.50. The Kier molecular flexibility index (Phi) is 4.30. The smallest absolute Gasteiger partial charge is 0.335 e. The predicted octanol–water partition coefficient (Wildman–Crippen LogP) is 1.04. The summed E-state index contributed by atoms with van der Waals surface area (Å²) in [5.41, 5.74) is 0.171. The summed E-state index contributed by atoms with van der Waals surface area (Å²) < 4.78 is 5.16. The van der Waals surface area contributed by atoms with E-state index in [-0.39, 0.29) is 18.6 Å². The Morgan fingerprint density at radius 2 is 2.06 bits per heavy atom. The summed E-state index contributed by atoms with van der Waals surface area (Å²) in [6.45, 7) is 0.0139. The van der Waals surface area contributed by atoms with Gasteiger partial charge < -0.3 is 14.9 Å². The van der Waals surface area contributed by atoms with Crippen molar-refractivity contribution < 1.29 is 19.7 Å². The van der Waals surface area contributed by atoms with Gasteiger partial charge in [0.1, 0.15) is 18.5 Å². The van der Waals surface area contributed by atoms with Crippen LogP contribution in [-0.4, -0.2) is 28.9 Å². The third-order valence-corrected chi connectivity index (χ3v) is 1.87. The van der Waals surface area contributed by atoms with Crippen molar-refractivity contribution in [1.82, 2.24) is 0 Å². The van der Waals surface area contributed by atoms with Crippen LogP contribution in [0, 0.1) is 11.3 Å². The third-order valence-electron chi connectivity index (χ3n) is 1.87. The van der Waals surface area contributed by atoms with Gasteiger partial charge in [-0.05, 0) is 24.3 Å². The molecule has 0 aliphatic rings. The number of nitriles is 1. The summed E-state index contributed by atoms with van der Waals surface area (Å²) >= 11 is 0. The van der Waals surface area contributed by atoms with Gasteiger partial charge in [0, 0.05) is 0 Å². The molecule has 0 aromatic heterocycles. The molecule has 1 atom stereocenters. The summed E-state index contributed by atoms with van der Waals surface area (Å²) in [5.74, 6) is -0.543. The Morgan fingerprint density at radius 3 is 2.56 bits per heavy atom. The maximum absolute atomic E-state index is 10.5. The van der Waals surface area contributed by atoms with E-state index in [4.69, 9.17) is 15.1 Å². The van der Waals surface area contributed by atoms with Gasteiger partial charge in [-0.25, -0.2) is 4.79 Å². The number of ether oxygens (including phenoxy) is 1. The molecule has 0 radical (unpaired) electrons. The van der Waals surface area contributed by atoms with Crippen LogP contribution < -0.4 is 4.74 Å². The molecule has 5 nitrogen and oxygen atoms in total. The molecule has 0 heterocycles. The predicted molar refractivity (Wildman–Crippen MR) is 55.1 cm³/mol. The number of aliphatic hydroxyl groups is 1. The standard InChI is InChI=1S/C11H11NO4/c12-6-5-9(13)7-16-10-3-1-8(2-4-10)11(14)15/h1-4,9,13H,5,7H2,(H,14,15). The molecule has 84 valence electrons. The second-order valence-corrected chi connectivity index (χ2v) is 3.16. The van der Waals surface area contributed by atoms with E-state index >= 15 is 0 Å². The number of benzene rings is 1. The number of carboxylic acid groups (broad SMARTS) is 1. The first-order chi connectivity index (χ1) is 7.63. The van der Waals surface area contributed by atoms with Crippen molar-refractivity contribution in [3.63, 3.8) is 0 Å². The topological polar surface area (TPSA) is 90.5 Å². The summed E-state index contributed by atoms with van der Waals surface area (Å²) in [4.78, 5) is 10.5. The first-order valence-corrected chi connectivity index (χ1v) is 4.64. The molecule has 0 saturated carbocycles. The molecule has 1 unspecified atom stereocenters. The highest BCUT2D eigenvalue weighted by molar-refractivity contribution is 5.87. The number of carboxylic acids is 1. The summed E-state index contributed by atoms with van der Waals surface area (Å²) in [6.07, 6.45) is -0.822. The Labute approximate surface area is 92.5 Å². The van der Waals surface area contributed by atoms with Gasteiger partial charge >= 0.3 is 5.97 Å². The third kappa shape index (κ3) is 3.59. The summed E-state index contributed by atoms with van der Waals surface area (Å²) in [7, 11) is 0. The number of aromatic carboxylic acids is 1. The van der Waals surface area contributed by atoms with Gasteiger partial charge in [0.05, 0.1) is 18.1 Å². The van der Waals surface area contributed by atoms with E-state index in [1.54, 1.807) is 0 Å². The number of aliphatic hydroxyl groups excluding tert-OH is 1. The van der Waals surface area contributed by atoms with Gasteiger partial charge in [-0.2, -0.15) is 5.26 Å². The minimum Gasteiger partial charge on any atom is -0.491 e. The molecular formula is C11H11NO4. The van der Waals surface area contributed by atoms with Crippen LogP contribution in [-0.2, 0) is 0 Å². The summed E-state index contributed by atoms with van der Waals surface area (Å²) in [5, 5.41) is 26.2. The van der Waals surface area contributed by atoms with Crippen LogP contribution in [0.15, 0.2) is 24.3 Å². The first-order valence-electron chi connectivity index (χ1n) is 4.64. The maximum atomic E-state index is 10.5. The van der Waals surface area contributed by atoms with E-state index in [1.807, 2.05) is 6.07 Å². The van der Waals surface area contributed by atoms with Crippen molar-refractivity contribution in [2.75, 3.05) is 6.61 Å². The summed E-state index contributed by atoms with van der Waals surface area (Å²) in [6, 6.07) is 7.65. The monoisotopic (exact) mass is 221 g/mol. The van der Waals surface area contributed by atoms with Crippen molar-refractivity contribution in [2.45, 2.75) is 12.5 Å². The molecule has 16 heavy (non-hydrogen) atoms. The molecular weight excluding hydrogens is 210 g/mol. The van der Waals surface area contributed by atoms with Crippen LogP contribution in [0.4, 0.5) is 0 Å². The fourth-order valence-electron chi connectivity index (χ4n) is 1.05. The van der Waals surface area contributed by atoms with E-state index in [0.29, 0.717) is 5.75 Å². The van der Waals surface area contributed by atoms with Crippen LogP contribution in [0.25, 0.3) is 0 Å². The van der Waals surface area contributed by atoms with E-state index in [2.05, 4.69) is 0 Å². The van der Waals surface area contributed by atoms with E-state index < -0.39 is 12.1 Å². The van der Waals surface area contributed by atoms with Crippen molar-refractivity contribution in [2.24, 2.45) is 0 Å². The van der Waals surface area contributed by atoms with Gasteiger partial charge in [0.2, 0.25) is 0 Å². The SMILES string of the molecule is N#CCC(O)COc1ccc(C(=O)O)cc1. The number of rotatable bonds is 5. The minimum absolute atomic E-state index is 0.00715. The highest BCUT2D eigenvalue weighted by Gasteiger charge is 2.05. The van der Waals surface area contributed by atoms with Crippen LogP contribution in [0.2, 0.25) is 0 Å². The lowest BCUT2D eigenvalue weighted by atomic mass is 10.2. The van der Waals surface area contributed by atoms with Gasteiger partial charge in [-0.15, -0.1) is 0 Å². The van der Waals surface area contributed by atoms with E-state index in [1.165, 1.54) is 24.3 Å². The zero-order chi connectivity index (χ0) is 12.0. The number of carbonyl (C=O) groups is 1. The van der Waals surface area contributed by atoms with Crippen molar-refractivity contribution >= 4 is 5.97 Å². The molecule has 1 aromatic carbocycles. The molecule has 0 spiro atoms. The zero-order valence-corrected chi connectivity index (χ0v) is 8.46. The second kappa shape index (κ2) is 5.73. The normalized spacial score (nSPS) is 11.5. The number of hydrogen-bond donors (Lipinski definition) is 2. The van der Waals surface area contributed by atoms with Gasteiger partial charge in [-0.3, -0.25) is 0 Å². The fourth-order valence-corrected chi connectivity index (χ4v) is 1.05. The van der Waals surface area contributed by atoms with Crippen molar-refractivity contribution in [3.8, 4) is 11.8 Å². The van der Waals surface area contributed by atoms with Crippen molar-refractivity contribution in [3.05, 3.63) is 29.8 Å². The molecule has 0 aliphatic carbocycles. The molecule has 0 aliphatic heterocycles. The largest absolute Gasteiger partial charge is 0.491 e. The molecule has 1 aromatic rings. The van der Waals surface area contributed by atoms with Crippen molar-refractivity contribution in [1.29, 1.82) is 5.26 Å². The van der Waals surface area contributed by atoms with Gasteiger partial charge in [-0.1, -0.05) is 0 Å². The molecule has 0 saturated heterocycles. The molecule has 0 bridgehead atoms. The molecule has 0 fully saturated rings. The number of hydrogen-bond acceptors (Lipinski definition) is 4. The quantitative estimate of drug-likeness (QED) is 0.775. The lowest BCUT2D eigenvalue weighted by Crippen LogP contribution is -2.16. The second-order valence-electron chi connectivity index (χ2n) is 3.16. The highest BCUT2D eigenvalue weighted by Crippen LogP contribution is 2.12. The van der Waals surface area contributed by atoms with E-state index in [9.17, 15) is 9.90 Å². The van der Waals surface area contributed by atoms with Gasteiger partial charge in [0.25, 0.3) is 0 Å². The maximum Gasteiger partial charge on any atom is 0.335 e. The number of nitrogens with zero attached hydrogens (tertiary/aromatic N) is 1. The van der Waals surface area contributed by atoms with Gasteiger partial charge in [0.15, 0.2) is 0 Å². The average molecular weight is 221 g/mol. The Hall–Kier alpha value is -2.06. The Bertz CT molecular complexity index is 393. The average Bonchev–Trinajstić information content (AvgIpc) is 2.27. The Morgan fingerprint density at radius 1 is 1.44 bits per heavy atom. The fraction of sp³-hybridized carbons (Fsp3) is 0.273. The van der Waals surface area contributed by atoms with Crippen LogP contribution >= 0.6 is 0 Å². The van der Waals surface area contributed by atoms with Crippen LogP contribution in [0.3, 0.4) is 0 Å². The van der Waals surface area contributed by atoms with Crippen LogP contribution in [0.1, 0.15) is 16.8 Å². The lowest BCUT2D eigenvalue weighted by molar-refractivity contribution is 0.0696. The molecule has 0 amide bonds. The zero-order valence-electron chi connectivity index (χ0n) is 8.46. The molecule has 1 rings (SSSR count). The van der Waals surface area contributed by atoms with Crippen LogP contribution in [0.5, 0.6) is 5.75 Å². The van der Waals surface area contributed by atoms with E-state index in [0.717, 1.165) is 0 Å². The lowest BCUT2D eigenvalue weighted by Gasteiger charge is -2.09. The minimum atomic E-state index is -1.00. The first kappa shape index (κ1) is 12.0. The molecule has 2 N–H and O–H groups in total. The molecule has 5 heteroatoms. The highest BCUT2D eigenvalue weighted by atomic mass is 16.5.